The van der Waals surface area contributed by atoms with Gasteiger partial charge in [-0.25, -0.2) is 0 Å². The van der Waals surface area contributed by atoms with Crippen molar-refractivity contribution < 1.29 is 19.4 Å². The maximum Gasteiger partial charge on any atom is 0.269 e. The van der Waals surface area contributed by atoms with Crippen LogP contribution in [0.3, 0.4) is 0 Å². The zero-order valence-electron chi connectivity index (χ0n) is 14.6. The van der Waals surface area contributed by atoms with Crippen LogP contribution in [-0.2, 0) is 0 Å². The molecule has 10 heteroatoms. The van der Waals surface area contributed by atoms with Crippen molar-refractivity contribution in [1.29, 1.82) is 0 Å². The fourth-order valence-corrected chi connectivity index (χ4v) is 4.09. The van der Waals surface area contributed by atoms with Crippen LogP contribution in [0.5, 0.6) is 0 Å². The molecule has 146 valence electrons. The molecule has 0 spiro atoms. The molecule has 0 saturated heterocycles. The normalized spacial score (nSPS) is 10.4. The van der Waals surface area contributed by atoms with E-state index in [1.165, 1.54) is 72.1 Å². The van der Waals surface area contributed by atoms with Gasteiger partial charge >= 0.3 is 0 Å². The van der Waals surface area contributed by atoms with Gasteiger partial charge in [0.25, 0.3) is 11.4 Å². The molecule has 0 radical (unpaired) electrons. The molecule has 0 fully saturated rings. The van der Waals surface area contributed by atoms with Gasteiger partial charge in [0, 0.05) is 46.9 Å². The van der Waals surface area contributed by atoms with E-state index in [1.807, 2.05) is 0 Å². The predicted molar refractivity (Wildman–Crippen MR) is 110 cm³/mol. The second-order valence-electron chi connectivity index (χ2n) is 5.56. The van der Waals surface area contributed by atoms with E-state index < -0.39 is 9.85 Å². The smallest absolute Gasteiger partial charge is 0.269 e. The molecule has 2 aromatic rings. The number of thioether (sulfide) groups is 2. The summed E-state index contributed by atoms with van der Waals surface area (Å²) in [7, 11) is 0. The van der Waals surface area contributed by atoms with Gasteiger partial charge in [-0.3, -0.25) is 29.8 Å². The molecule has 8 nitrogen and oxygen atoms in total. The second kappa shape index (κ2) is 10.6. The highest BCUT2D eigenvalue weighted by Gasteiger charge is 2.11. The Morgan fingerprint density at radius 2 is 1.00 bits per heavy atom. The molecule has 0 amide bonds. The Bertz CT molecular complexity index is 795. The van der Waals surface area contributed by atoms with Crippen molar-refractivity contribution in [2.45, 2.75) is 0 Å². The van der Waals surface area contributed by atoms with Crippen molar-refractivity contribution in [2.24, 2.45) is 0 Å². The van der Waals surface area contributed by atoms with E-state index in [4.69, 9.17) is 0 Å². The number of carbonyl (C=O) groups excluding carboxylic acids is 2. The van der Waals surface area contributed by atoms with E-state index in [0.29, 0.717) is 22.6 Å². The van der Waals surface area contributed by atoms with Crippen molar-refractivity contribution in [2.75, 3.05) is 23.0 Å². The van der Waals surface area contributed by atoms with Crippen molar-refractivity contribution in [3.8, 4) is 0 Å². The van der Waals surface area contributed by atoms with Crippen LogP contribution in [0.4, 0.5) is 11.4 Å². The number of non-ortho nitro benzene ring substituents is 2. The third kappa shape index (κ3) is 6.46. The average Bonchev–Trinajstić information content (AvgIpc) is 2.70. The average molecular weight is 420 g/mol. The van der Waals surface area contributed by atoms with Crippen LogP contribution in [0.1, 0.15) is 20.7 Å². The topological polar surface area (TPSA) is 120 Å². The Morgan fingerprint density at radius 1 is 0.679 bits per heavy atom. The number of nitro benzene ring substituents is 2. The summed E-state index contributed by atoms with van der Waals surface area (Å²) in [5.74, 6) is 1.66. The van der Waals surface area contributed by atoms with Gasteiger partial charge in [-0.15, -0.1) is 0 Å². The molecule has 0 aliphatic heterocycles. The molecule has 28 heavy (non-hydrogen) atoms. The highest BCUT2D eigenvalue weighted by Crippen LogP contribution is 2.16. The van der Waals surface area contributed by atoms with Crippen LogP contribution in [0.25, 0.3) is 0 Å². The first-order chi connectivity index (χ1) is 13.4. The molecular formula is C18H16N2O6S2. The third-order valence-corrected chi connectivity index (χ3v) is 5.82. The zero-order valence-corrected chi connectivity index (χ0v) is 16.2. The third-order valence-electron chi connectivity index (χ3n) is 3.64. The van der Waals surface area contributed by atoms with E-state index in [1.54, 1.807) is 0 Å². The molecule has 0 bridgehead atoms. The lowest BCUT2D eigenvalue weighted by atomic mass is 10.1. The molecule has 0 atom stereocenters. The first-order valence-corrected chi connectivity index (χ1v) is 10.4. The van der Waals surface area contributed by atoms with Crippen LogP contribution < -0.4 is 0 Å². The maximum atomic E-state index is 12.0. The molecule has 0 unspecified atom stereocenters. The van der Waals surface area contributed by atoms with Crippen LogP contribution in [0.15, 0.2) is 48.5 Å². The first-order valence-electron chi connectivity index (χ1n) is 8.09. The summed E-state index contributed by atoms with van der Waals surface area (Å²) >= 11 is 2.86. The van der Waals surface area contributed by atoms with Gasteiger partial charge in [0.2, 0.25) is 0 Å². The van der Waals surface area contributed by atoms with Crippen LogP contribution in [-0.4, -0.2) is 44.4 Å². The number of nitrogens with zero attached hydrogens (tertiary/aromatic N) is 2. The molecule has 0 heterocycles. The number of carbonyl (C=O) groups is 2. The van der Waals surface area contributed by atoms with Crippen LogP contribution in [0, 0.1) is 20.2 Å². The monoisotopic (exact) mass is 420 g/mol. The van der Waals surface area contributed by atoms with Gasteiger partial charge in [0.1, 0.15) is 0 Å². The number of hydrogen-bond donors (Lipinski definition) is 0. The van der Waals surface area contributed by atoms with Crippen molar-refractivity contribution >= 4 is 46.5 Å². The lowest BCUT2D eigenvalue weighted by Crippen LogP contribution is -2.05. The summed E-state index contributed by atoms with van der Waals surface area (Å²) in [6.07, 6.45) is 0. The highest BCUT2D eigenvalue weighted by atomic mass is 32.2. The minimum atomic E-state index is -0.516. The summed E-state index contributed by atoms with van der Waals surface area (Å²) in [5, 5.41) is 21.2. The van der Waals surface area contributed by atoms with Gasteiger partial charge in [0.15, 0.2) is 11.6 Å². The summed E-state index contributed by atoms with van der Waals surface area (Å²) in [5.41, 5.74) is 0.745. The van der Waals surface area contributed by atoms with E-state index in [-0.39, 0.29) is 34.4 Å². The number of nitro groups is 2. The molecule has 0 aliphatic carbocycles. The Hall–Kier alpha value is -2.72. The largest absolute Gasteiger partial charge is 0.293 e. The van der Waals surface area contributed by atoms with Crippen molar-refractivity contribution in [3.05, 3.63) is 79.9 Å². The number of benzene rings is 2. The van der Waals surface area contributed by atoms with Gasteiger partial charge in [0.05, 0.1) is 21.4 Å². The summed E-state index contributed by atoms with van der Waals surface area (Å²) in [6.45, 7) is 0. The van der Waals surface area contributed by atoms with E-state index in [2.05, 4.69) is 0 Å². The highest BCUT2D eigenvalue weighted by molar-refractivity contribution is 8.03. The van der Waals surface area contributed by atoms with Gasteiger partial charge in [-0.05, 0) is 24.3 Å². The van der Waals surface area contributed by atoms with Gasteiger partial charge in [-0.2, -0.15) is 23.5 Å². The molecular weight excluding hydrogens is 404 g/mol. The van der Waals surface area contributed by atoms with E-state index in [9.17, 15) is 29.8 Å². The van der Waals surface area contributed by atoms with E-state index in [0.717, 1.165) is 0 Å². The van der Waals surface area contributed by atoms with Crippen molar-refractivity contribution in [3.63, 3.8) is 0 Å². The molecule has 0 aliphatic rings. The lowest BCUT2D eigenvalue weighted by Gasteiger charge is -2.03. The fraction of sp³-hybridized carbons (Fsp3) is 0.222. The second-order valence-corrected chi connectivity index (χ2v) is 7.77. The lowest BCUT2D eigenvalue weighted by molar-refractivity contribution is -0.385. The number of hydrogen-bond acceptors (Lipinski definition) is 8. The molecule has 0 N–H and O–H groups in total. The predicted octanol–water partition coefficient (Wildman–Crippen LogP) is 4.04. The van der Waals surface area contributed by atoms with Crippen LogP contribution in [0.2, 0.25) is 0 Å². The standard InChI is InChI=1S/C18H16N2O6S2/c21-17(13-1-5-15(6-2-13)19(23)24)11-27-9-10-28-12-18(22)14-3-7-16(8-4-14)20(25)26/h1-8H,9-12H2. The van der Waals surface area contributed by atoms with Gasteiger partial charge in [-0.1, -0.05) is 0 Å². The Morgan fingerprint density at radius 3 is 1.29 bits per heavy atom. The quantitative estimate of drug-likeness (QED) is 0.231. The molecule has 2 rings (SSSR count). The number of ketones is 2. The maximum absolute atomic E-state index is 12.0. The van der Waals surface area contributed by atoms with E-state index >= 15 is 0 Å². The summed E-state index contributed by atoms with van der Waals surface area (Å²) < 4.78 is 0. The fourth-order valence-electron chi connectivity index (χ4n) is 2.15. The SMILES string of the molecule is O=C(CSCCSCC(=O)c1ccc([N+](=O)[O-])cc1)c1ccc([N+](=O)[O-])cc1. The van der Waals surface area contributed by atoms with Crippen molar-refractivity contribution in [1.82, 2.24) is 0 Å². The molecule has 0 aromatic heterocycles. The zero-order chi connectivity index (χ0) is 20.5. The van der Waals surface area contributed by atoms with Gasteiger partial charge < -0.3 is 0 Å². The Balaban J connectivity index is 1.65. The molecule has 0 saturated carbocycles. The van der Waals surface area contributed by atoms with Crippen LogP contribution >= 0.6 is 23.5 Å². The minimum absolute atomic E-state index is 0.0571. The number of rotatable bonds is 11. The molecule has 2 aromatic carbocycles. The Labute approximate surface area is 169 Å². The Kier molecular flexibility index (Phi) is 8.15. The number of Topliss-reactive ketones (excluding diaryl/α,β-unsaturated/α-hetero) is 2. The summed E-state index contributed by atoms with van der Waals surface area (Å²) in [6, 6.07) is 11.0. The summed E-state index contributed by atoms with van der Waals surface area (Å²) in [4.78, 5) is 44.2. The minimum Gasteiger partial charge on any atom is -0.293 e. The first kappa shape index (κ1) is 21.6.